The molecule has 2 unspecified atom stereocenters. The zero-order chi connectivity index (χ0) is 11.1. The zero-order valence-corrected chi connectivity index (χ0v) is 8.54. The maximum atomic E-state index is 11.0. The van der Waals surface area contributed by atoms with Crippen LogP contribution in [0.2, 0.25) is 0 Å². The molecular formula is C9H11ClO4. The minimum Gasteiger partial charge on any atom is -0.512 e. The highest BCUT2D eigenvalue weighted by Gasteiger charge is 2.47. The molecule has 0 aromatic rings. The summed E-state index contributed by atoms with van der Waals surface area (Å²) in [6.07, 6.45) is 1.07. The number of allylic oxidation sites excluding steroid dienone is 2. The number of rotatable bonds is 1. The Balaban J connectivity index is 3.34. The Morgan fingerprint density at radius 3 is 2.50 bits per heavy atom. The van der Waals surface area contributed by atoms with Gasteiger partial charge in [0, 0.05) is 12.0 Å². The molecule has 0 heterocycles. The number of halogens is 1. The molecule has 1 rings (SSSR count). The number of carboxylic acid groups (broad SMARTS) is 1. The number of hydrogen-bond donors (Lipinski definition) is 3. The number of hydrogen-bond acceptors (Lipinski definition) is 3. The van der Waals surface area contributed by atoms with Crippen molar-refractivity contribution in [1.82, 2.24) is 0 Å². The predicted molar refractivity (Wildman–Crippen MR) is 51.1 cm³/mol. The molecule has 0 fully saturated rings. The van der Waals surface area contributed by atoms with Crippen molar-refractivity contribution < 1.29 is 20.1 Å². The lowest BCUT2D eigenvalue weighted by atomic mass is 9.73. The second kappa shape index (κ2) is 3.20. The smallest absolute Gasteiger partial charge is 0.315 e. The van der Waals surface area contributed by atoms with Crippen LogP contribution in [-0.4, -0.2) is 21.3 Å². The monoisotopic (exact) mass is 218 g/mol. The predicted octanol–water partition coefficient (Wildman–Crippen LogP) is 2.18. The van der Waals surface area contributed by atoms with Crippen molar-refractivity contribution in [3.05, 3.63) is 22.6 Å². The van der Waals surface area contributed by atoms with Gasteiger partial charge in [-0.05, 0) is 6.92 Å². The van der Waals surface area contributed by atoms with Crippen LogP contribution >= 0.6 is 11.6 Å². The maximum absolute atomic E-state index is 11.0. The molecule has 0 aromatic carbocycles. The van der Waals surface area contributed by atoms with Gasteiger partial charge in [0.15, 0.2) is 0 Å². The van der Waals surface area contributed by atoms with E-state index in [-0.39, 0.29) is 10.8 Å². The van der Waals surface area contributed by atoms with Crippen LogP contribution in [0.1, 0.15) is 13.8 Å². The van der Waals surface area contributed by atoms with Crippen molar-refractivity contribution in [1.29, 1.82) is 0 Å². The first-order valence-corrected chi connectivity index (χ1v) is 4.42. The fourth-order valence-electron chi connectivity index (χ4n) is 1.36. The van der Waals surface area contributed by atoms with E-state index >= 15 is 0 Å². The molecule has 5 heteroatoms. The fourth-order valence-corrected chi connectivity index (χ4v) is 1.66. The van der Waals surface area contributed by atoms with Gasteiger partial charge in [-0.1, -0.05) is 18.5 Å². The van der Waals surface area contributed by atoms with E-state index in [2.05, 4.69) is 0 Å². The minimum absolute atomic E-state index is 0.157. The highest BCUT2D eigenvalue weighted by molar-refractivity contribution is 6.32. The molecule has 78 valence electrons. The van der Waals surface area contributed by atoms with Crippen molar-refractivity contribution in [3.63, 3.8) is 0 Å². The van der Waals surface area contributed by atoms with Crippen molar-refractivity contribution in [2.24, 2.45) is 11.3 Å². The van der Waals surface area contributed by atoms with Gasteiger partial charge in [-0.25, -0.2) is 0 Å². The van der Waals surface area contributed by atoms with Gasteiger partial charge in [-0.2, -0.15) is 0 Å². The second-order valence-electron chi connectivity index (χ2n) is 3.50. The highest BCUT2D eigenvalue weighted by Crippen LogP contribution is 2.45. The zero-order valence-electron chi connectivity index (χ0n) is 7.78. The number of carboxylic acids is 1. The average Bonchev–Trinajstić information content (AvgIpc) is 2.11. The van der Waals surface area contributed by atoms with Crippen molar-refractivity contribution in [3.8, 4) is 0 Å². The standard InChI is InChI=1S/C9H11ClO4/c1-4-5(11)3-6(12)7(10)9(4,2)8(13)14/h3-4,11-12H,1-2H3,(H,13,14). The van der Waals surface area contributed by atoms with Gasteiger partial charge < -0.3 is 15.3 Å². The third-order valence-corrected chi connectivity index (χ3v) is 3.31. The average molecular weight is 219 g/mol. The molecule has 2 atom stereocenters. The summed E-state index contributed by atoms with van der Waals surface area (Å²) in [6.45, 7) is 2.90. The first-order chi connectivity index (χ1) is 6.31. The summed E-state index contributed by atoms with van der Waals surface area (Å²) in [5.74, 6) is -2.42. The number of aliphatic hydroxyl groups excluding tert-OH is 2. The van der Waals surface area contributed by atoms with Gasteiger partial charge in [0.1, 0.15) is 16.9 Å². The largest absolute Gasteiger partial charge is 0.512 e. The van der Waals surface area contributed by atoms with Crippen molar-refractivity contribution in [2.45, 2.75) is 13.8 Å². The van der Waals surface area contributed by atoms with Crippen LogP contribution in [-0.2, 0) is 4.79 Å². The lowest BCUT2D eigenvalue weighted by molar-refractivity contribution is -0.148. The molecule has 0 bridgehead atoms. The Morgan fingerprint density at radius 1 is 1.57 bits per heavy atom. The van der Waals surface area contributed by atoms with E-state index in [0.717, 1.165) is 6.08 Å². The van der Waals surface area contributed by atoms with E-state index in [4.69, 9.17) is 16.7 Å². The van der Waals surface area contributed by atoms with E-state index in [0.29, 0.717) is 0 Å². The highest BCUT2D eigenvalue weighted by atomic mass is 35.5. The SMILES string of the molecule is CC1C(O)=CC(O)=C(Cl)C1(C)C(=O)O. The van der Waals surface area contributed by atoms with Gasteiger partial charge in [0.05, 0.1) is 5.03 Å². The second-order valence-corrected chi connectivity index (χ2v) is 3.88. The maximum Gasteiger partial charge on any atom is 0.315 e. The summed E-state index contributed by atoms with van der Waals surface area (Å²) < 4.78 is 0. The normalized spacial score (nSPS) is 32.8. The summed E-state index contributed by atoms with van der Waals surface area (Å²) >= 11 is 5.72. The summed E-state index contributed by atoms with van der Waals surface area (Å²) in [5, 5.41) is 27.5. The van der Waals surface area contributed by atoms with Gasteiger partial charge in [0.2, 0.25) is 0 Å². The first kappa shape index (κ1) is 10.9. The summed E-state index contributed by atoms with van der Waals surface area (Å²) in [6, 6.07) is 0. The van der Waals surface area contributed by atoms with Crippen LogP contribution < -0.4 is 0 Å². The molecule has 0 aromatic heterocycles. The Morgan fingerprint density at radius 2 is 2.07 bits per heavy atom. The third kappa shape index (κ3) is 1.26. The minimum atomic E-state index is -1.47. The van der Waals surface area contributed by atoms with Crippen LogP contribution in [0.4, 0.5) is 0 Å². The van der Waals surface area contributed by atoms with Crippen molar-refractivity contribution in [2.75, 3.05) is 0 Å². The van der Waals surface area contributed by atoms with Crippen molar-refractivity contribution >= 4 is 17.6 Å². The Labute approximate surface area is 86.1 Å². The van der Waals surface area contributed by atoms with Crippen LogP contribution in [0.5, 0.6) is 0 Å². The van der Waals surface area contributed by atoms with Gasteiger partial charge in [-0.15, -0.1) is 0 Å². The summed E-state index contributed by atoms with van der Waals surface area (Å²) in [4.78, 5) is 11.0. The Hall–Kier alpha value is -1.16. The molecule has 1 aliphatic rings. The van der Waals surface area contributed by atoms with Crippen LogP contribution in [0.15, 0.2) is 22.6 Å². The molecule has 0 aliphatic heterocycles. The molecule has 0 saturated carbocycles. The van der Waals surface area contributed by atoms with E-state index in [1.54, 1.807) is 0 Å². The number of aliphatic hydroxyl groups is 2. The van der Waals surface area contributed by atoms with Gasteiger partial charge in [-0.3, -0.25) is 4.79 Å². The Bertz CT molecular complexity index is 345. The van der Waals surface area contributed by atoms with E-state index < -0.39 is 23.1 Å². The number of carbonyl (C=O) groups is 1. The molecule has 14 heavy (non-hydrogen) atoms. The molecule has 0 amide bonds. The molecular weight excluding hydrogens is 208 g/mol. The lowest BCUT2D eigenvalue weighted by Crippen LogP contribution is -2.38. The molecule has 0 spiro atoms. The molecule has 1 aliphatic carbocycles. The lowest BCUT2D eigenvalue weighted by Gasteiger charge is -2.33. The van der Waals surface area contributed by atoms with E-state index in [1.165, 1.54) is 13.8 Å². The molecule has 0 radical (unpaired) electrons. The van der Waals surface area contributed by atoms with Crippen LogP contribution in [0, 0.1) is 11.3 Å². The fraction of sp³-hybridized carbons (Fsp3) is 0.444. The molecule has 0 saturated heterocycles. The third-order valence-electron chi connectivity index (χ3n) is 2.72. The van der Waals surface area contributed by atoms with Crippen LogP contribution in [0.25, 0.3) is 0 Å². The molecule has 4 nitrogen and oxygen atoms in total. The first-order valence-electron chi connectivity index (χ1n) is 4.05. The molecule has 3 N–H and O–H groups in total. The van der Waals surface area contributed by atoms with Gasteiger partial charge in [0.25, 0.3) is 0 Å². The van der Waals surface area contributed by atoms with E-state index in [9.17, 15) is 15.0 Å². The topological polar surface area (TPSA) is 77.8 Å². The van der Waals surface area contributed by atoms with Gasteiger partial charge >= 0.3 is 5.97 Å². The quantitative estimate of drug-likeness (QED) is 0.630. The van der Waals surface area contributed by atoms with Crippen LogP contribution in [0.3, 0.4) is 0 Å². The van der Waals surface area contributed by atoms with E-state index in [1.807, 2.05) is 0 Å². The summed E-state index contributed by atoms with van der Waals surface area (Å²) in [7, 11) is 0. The Kier molecular flexibility index (Phi) is 2.50. The summed E-state index contributed by atoms with van der Waals surface area (Å²) in [5.41, 5.74) is -1.47. The number of aliphatic carboxylic acids is 1.